The zero-order valence-corrected chi connectivity index (χ0v) is 16.6. The Morgan fingerprint density at radius 3 is 2.13 bits per heavy atom. The third-order valence-electron chi connectivity index (χ3n) is 6.08. The van der Waals surface area contributed by atoms with Crippen LogP contribution in [-0.2, 0) is 0 Å². The molecule has 0 atom stereocenters. The summed E-state index contributed by atoms with van der Waals surface area (Å²) >= 11 is 0. The Morgan fingerprint density at radius 2 is 1.47 bits per heavy atom. The number of benzene rings is 3. The van der Waals surface area contributed by atoms with Crippen molar-refractivity contribution in [2.75, 3.05) is 4.90 Å². The summed E-state index contributed by atoms with van der Waals surface area (Å²) in [4.78, 5) is 40.4. The van der Waals surface area contributed by atoms with E-state index in [0.29, 0.717) is 27.8 Å². The minimum absolute atomic E-state index is 0.164. The van der Waals surface area contributed by atoms with Crippen LogP contribution in [0.5, 0.6) is 0 Å². The fourth-order valence-electron chi connectivity index (χ4n) is 4.57. The van der Waals surface area contributed by atoms with Gasteiger partial charge in [0.25, 0.3) is 17.7 Å². The van der Waals surface area contributed by atoms with E-state index < -0.39 is 0 Å². The van der Waals surface area contributed by atoms with Gasteiger partial charge >= 0.3 is 0 Å². The van der Waals surface area contributed by atoms with Crippen LogP contribution >= 0.6 is 0 Å². The summed E-state index contributed by atoms with van der Waals surface area (Å²) in [6, 6.07) is 17.9. The Kier molecular flexibility index (Phi) is 4.58. The van der Waals surface area contributed by atoms with Crippen molar-refractivity contribution in [3.8, 4) is 0 Å². The van der Waals surface area contributed by atoms with Gasteiger partial charge in [-0.1, -0.05) is 49.6 Å². The second kappa shape index (κ2) is 7.41. The molecule has 5 rings (SSSR count). The molecule has 1 saturated carbocycles. The van der Waals surface area contributed by atoms with E-state index in [1.54, 1.807) is 36.4 Å². The highest BCUT2D eigenvalue weighted by atomic mass is 16.2. The van der Waals surface area contributed by atoms with Crippen LogP contribution < -0.4 is 10.2 Å². The molecular weight excluding hydrogens is 376 g/mol. The lowest BCUT2D eigenvalue weighted by Crippen LogP contribution is -2.40. The van der Waals surface area contributed by atoms with Crippen LogP contribution in [0.4, 0.5) is 5.69 Å². The molecule has 0 radical (unpaired) electrons. The Bertz CT molecular complexity index is 1130. The fourth-order valence-corrected chi connectivity index (χ4v) is 4.57. The van der Waals surface area contributed by atoms with Crippen molar-refractivity contribution in [1.29, 1.82) is 0 Å². The number of rotatable bonds is 3. The highest BCUT2D eigenvalue weighted by Gasteiger charge is 2.34. The molecule has 3 aromatic carbocycles. The second-order valence-electron chi connectivity index (χ2n) is 8.01. The van der Waals surface area contributed by atoms with E-state index in [2.05, 4.69) is 5.32 Å². The molecule has 0 bridgehead atoms. The normalized spacial score (nSPS) is 16.7. The van der Waals surface area contributed by atoms with Crippen molar-refractivity contribution in [2.45, 2.75) is 38.1 Å². The van der Waals surface area contributed by atoms with Gasteiger partial charge in [-0.3, -0.25) is 14.4 Å². The van der Waals surface area contributed by atoms with Gasteiger partial charge in [-0.2, -0.15) is 0 Å². The maximum Gasteiger partial charge on any atom is 0.265 e. The van der Waals surface area contributed by atoms with Gasteiger partial charge in [0.1, 0.15) is 0 Å². The number of hydrogen-bond acceptors (Lipinski definition) is 3. The molecule has 150 valence electrons. The molecule has 5 nitrogen and oxygen atoms in total. The maximum atomic E-state index is 13.2. The Balaban J connectivity index is 1.49. The summed E-state index contributed by atoms with van der Waals surface area (Å²) in [7, 11) is 0. The van der Waals surface area contributed by atoms with E-state index in [-0.39, 0.29) is 23.8 Å². The Hall–Kier alpha value is -3.47. The lowest BCUT2D eigenvalue weighted by molar-refractivity contribution is 0.0887. The largest absolute Gasteiger partial charge is 0.349 e. The standard InChI is InChI=1S/C25H22N2O3/c28-23(26-18-10-2-1-3-11-18)17-9-4-12-19(15-17)27-24(29)20-13-5-7-16-8-6-14-21(22(16)20)25(27)30/h4-9,12-15,18H,1-3,10-11H2,(H,26,28). The molecule has 2 aliphatic rings. The lowest BCUT2D eigenvalue weighted by Gasteiger charge is -2.27. The summed E-state index contributed by atoms with van der Waals surface area (Å²) in [5.74, 6) is -0.897. The first kappa shape index (κ1) is 18.6. The molecule has 1 heterocycles. The van der Waals surface area contributed by atoms with E-state index in [0.717, 1.165) is 31.1 Å². The third kappa shape index (κ3) is 3.07. The zero-order valence-electron chi connectivity index (χ0n) is 16.6. The Labute approximate surface area is 174 Å². The van der Waals surface area contributed by atoms with E-state index in [9.17, 15) is 14.4 Å². The highest BCUT2D eigenvalue weighted by molar-refractivity contribution is 6.35. The summed E-state index contributed by atoms with van der Waals surface area (Å²) in [6.45, 7) is 0. The average Bonchev–Trinajstić information content (AvgIpc) is 2.78. The summed E-state index contributed by atoms with van der Waals surface area (Å²) in [5.41, 5.74) is 1.86. The second-order valence-corrected chi connectivity index (χ2v) is 8.01. The van der Waals surface area contributed by atoms with Crippen LogP contribution in [0.2, 0.25) is 0 Å². The first-order valence-electron chi connectivity index (χ1n) is 10.4. The molecule has 0 spiro atoms. The lowest BCUT2D eigenvalue weighted by atomic mass is 9.93. The minimum Gasteiger partial charge on any atom is -0.349 e. The molecule has 1 N–H and O–H groups in total. The predicted octanol–water partition coefficient (Wildman–Crippen LogP) is 4.70. The number of amides is 3. The van der Waals surface area contributed by atoms with Gasteiger partial charge in [0.15, 0.2) is 0 Å². The molecular formula is C25H22N2O3. The summed E-state index contributed by atoms with van der Waals surface area (Å²) in [6.07, 6.45) is 5.47. The Morgan fingerprint density at radius 1 is 0.833 bits per heavy atom. The monoisotopic (exact) mass is 398 g/mol. The SMILES string of the molecule is O=C(NC1CCCCC1)c1cccc(N2C(=O)c3cccc4cccc(c34)C2=O)c1. The molecule has 0 saturated heterocycles. The first-order valence-corrected chi connectivity index (χ1v) is 10.4. The van der Waals surface area contributed by atoms with Gasteiger partial charge in [0.2, 0.25) is 0 Å². The van der Waals surface area contributed by atoms with Gasteiger partial charge in [-0.15, -0.1) is 0 Å². The summed E-state index contributed by atoms with van der Waals surface area (Å²) < 4.78 is 0. The van der Waals surface area contributed by atoms with Crippen molar-refractivity contribution in [3.05, 3.63) is 77.4 Å². The van der Waals surface area contributed by atoms with Crippen LogP contribution in [0.15, 0.2) is 60.7 Å². The molecule has 0 aromatic heterocycles. The molecule has 3 aromatic rings. The predicted molar refractivity (Wildman–Crippen MR) is 116 cm³/mol. The van der Waals surface area contributed by atoms with Crippen LogP contribution in [-0.4, -0.2) is 23.8 Å². The zero-order chi connectivity index (χ0) is 20.7. The van der Waals surface area contributed by atoms with Crippen molar-refractivity contribution in [2.24, 2.45) is 0 Å². The highest BCUT2D eigenvalue weighted by Crippen LogP contribution is 2.33. The quantitative estimate of drug-likeness (QED) is 0.650. The third-order valence-corrected chi connectivity index (χ3v) is 6.08. The molecule has 5 heteroatoms. The average molecular weight is 398 g/mol. The van der Waals surface area contributed by atoms with Crippen LogP contribution in [0.1, 0.15) is 63.2 Å². The smallest absolute Gasteiger partial charge is 0.265 e. The fraction of sp³-hybridized carbons (Fsp3) is 0.240. The number of carbonyl (C=O) groups is 3. The van der Waals surface area contributed by atoms with Crippen molar-refractivity contribution in [1.82, 2.24) is 5.32 Å². The van der Waals surface area contributed by atoms with Gasteiger partial charge in [-0.25, -0.2) is 4.90 Å². The van der Waals surface area contributed by atoms with Gasteiger partial charge in [-0.05, 0) is 48.6 Å². The molecule has 1 aliphatic carbocycles. The number of hydrogen-bond donors (Lipinski definition) is 1. The van der Waals surface area contributed by atoms with Crippen LogP contribution in [0.3, 0.4) is 0 Å². The van der Waals surface area contributed by atoms with Crippen molar-refractivity contribution in [3.63, 3.8) is 0 Å². The number of nitrogens with one attached hydrogen (secondary N) is 1. The molecule has 30 heavy (non-hydrogen) atoms. The molecule has 1 aliphatic heterocycles. The van der Waals surface area contributed by atoms with Gasteiger partial charge in [0.05, 0.1) is 5.69 Å². The van der Waals surface area contributed by atoms with E-state index in [4.69, 9.17) is 0 Å². The first-order chi connectivity index (χ1) is 14.6. The van der Waals surface area contributed by atoms with Gasteiger partial charge in [0, 0.05) is 28.1 Å². The number of nitrogens with zero attached hydrogens (tertiary/aromatic N) is 1. The summed E-state index contributed by atoms with van der Waals surface area (Å²) in [5, 5.41) is 4.65. The van der Waals surface area contributed by atoms with Crippen molar-refractivity contribution >= 4 is 34.2 Å². The minimum atomic E-state index is -0.367. The van der Waals surface area contributed by atoms with E-state index in [1.165, 1.54) is 11.3 Å². The molecule has 0 unspecified atom stereocenters. The topological polar surface area (TPSA) is 66.5 Å². The number of carbonyl (C=O) groups excluding carboxylic acids is 3. The maximum absolute atomic E-state index is 13.2. The molecule has 1 fully saturated rings. The van der Waals surface area contributed by atoms with Crippen LogP contribution in [0.25, 0.3) is 10.8 Å². The van der Waals surface area contributed by atoms with Crippen LogP contribution in [0, 0.1) is 0 Å². The van der Waals surface area contributed by atoms with E-state index in [1.807, 2.05) is 24.3 Å². The number of imide groups is 1. The molecule has 3 amide bonds. The van der Waals surface area contributed by atoms with E-state index >= 15 is 0 Å². The van der Waals surface area contributed by atoms with Crippen molar-refractivity contribution < 1.29 is 14.4 Å². The van der Waals surface area contributed by atoms with Gasteiger partial charge < -0.3 is 5.32 Å². The number of anilines is 1.